The Hall–Kier alpha value is -2.08. The summed E-state index contributed by atoms with van der Waals surface area (Å²) in [6.07, 6.45) is 0. The van der Waals surface area contributed by atoms with Crippen LogP contribution in [0.1, 0.15) is 11.3 Å². The van der Waals surface area contributed by atoms with Crippen LogP contribution < -0.4 is 0 Å². The van der Waals surface area contributed by atoms with Crippen molar-refractivity contribution in [3.05, 3.63) is 40.3 Å². The molecule has 0 aliphatic rings. The van der Waals surface area contributed by atoms with Gasteiger partial charge in [0.15, 0.2) is 11.5 Å². The van der Waals surface area contributed by atoms with Crippen molar-refractivity contribution >= 4 is 17.9 Å². The standard InChI is InChI=1S/C12H11N5S/c1-7-4-3-5-9(6-7)10-13-11-8(2)14-15-12(18)17(11)16-10/h3-6H,1-2H3,(H,15,18). The van der Waals surface area contributed by atoms with E-state index < -0.39 is 0 Å². The second kappa shape index (κ2) is 3.99. The lowest BCUT2D eigenvalue weighted by Crippen LogP contribution is -1.98. The second-order valence-corrected chi connectivity index (χ2v) is 4.54. The minimum Gasteiger partial charge on any atom is -0.252 e. The van der Waals surface area contributed by atoms with Crippen molar-refractivity contribution in [3.63, 3.8) is 0 Å². The summed E-state index contributed by atoms with van der Waals surface area (Å²) in [6.45, 7) is 3.91. The van der Waals surface area contributed by atoms with Crippen LogP contribution in [0, 0.1) is 18.6 Å². The summed E-state index contributed by atoms with van der Waals surface area (Å²) in [5.74, 6) is 0.661. The number of benzene rings is 1. The fraction of sp³-hybridized carbons (Fsp3) is 0.167. The summed E-state index contributed by atoms with van der Waals surface area (Å²) in [4.78, 5) is 4.49. The van der Waals surface area contributed by atoms with Gasteiger partial charge in [0, 0.05) is 5.56 Å². The van der Waals surface area contributed by atoms with Crippen LogP contribution in [-0.4, -0.2) is 24.8 Å². The largest absolute Gasteiger partial charge is 0.252 e. The van der Waals surface area contributed by atoms with E-state index in [9.17, 15) is 0 Å². The van der Waals surface area contributed by atoms with E-state index >= 15 is 0 Å². The molecule has 0 aliphatic carbocycles. The van der Waals surface area contributed by atoms with E-state index in [0.717, 1.165) is 11.3 Å². The van der Waals surface area contributed by atoms with Crippen LogP contribution in [0.25, 0.3) is 17.0 Å². The molecule has 1 N–H and O–H groups in total. The zero-order valence-electron chi connectivity index (χ0n) is 10.0. The third-order valence-corrected chi connectivity index (χ3v) is 2.98. The quantitative estimate of drug-likeness (QED) is 0.680. The first-order valence-electron chi connectivity index (χ1n) is 5.54. The lowest BCUT2D eigenvalue weighted by Gasteiger charge is -1.95. The highest BCUT2D eigenvalue weighted by Gasteiger charge is 2.09. The van der Waals surface area contributed by atoms with Crippen LogP contribution >= 0.6 is 12.2 Å². The number of nitrogens with zero attached hydrogens (tertiary/aromatic N) is 4. The molecule has 3 rings (SSSR count). The van der Waals surface area contributed by atoms with Gasteiger partial charge in [0.2, 0.25) is 4.77 Å². The highest BCUT2D eigenvalue weighted by molar-refractivity contribution is 7.71. The first kappa shape index (κ1) is 11.0. The molecule has 0 spiro atoms. The summed E-state index contributed by atoms with van der Waals surface area (Å²) in [5, 5.41) is 11.2. The molecule has 0 aliphatic heterocycles. The Morgan fingerprint density at radius 1 is 1.28 bits per heavy atom. The molecule has 0 fully saturated rings. The lowest BCUT2D eigenvalue weighted by atomic mass is 10.1. The Morgan fingerprint density at radius 3 is 2.83 bits per heavy atom. The number of aromatic amines is 1. The average molecular weight is 257 g/mol. The van der Waals surface area contributed by atoms with E-state index in [-0.39, 0.29) is 0 Å². The van der Waals surface area contributed by atoms with Crippen molar-refractivity contribution in [2.75, 3.05) is 0 Å². The van der Waals surface area contributed by atoms with Crippen LogP contribution in [0.3, 0.4) is 0 Å². The van der Waals surface area contributed by atoms with E-state index in [1.807, 2.05) is 38.1 Å². The first-order chi connectivity index (χ1) is 8.65. The van der Waals surface area contributed by atoms with E-state index in [1.54, 1.807) is 4.52 Å². The fourth-order valence-electron chi connectivity index (χ4n) is 1.82. The van der Waals surface area contributed by atoms with Crippen molar-refractivity contribution in [3.8, 4) is 11.4 Å². The molecule has 1 aromatic carbocycles. The third-order valence-electron chi connectivity index (χ3n) is 2.72. The monoisotopic (exact) mass is 257 g/mol. The van der Waals surface area contributed by atoms with E-state index in [2.05, 4.69) is 20.3 Å². The molecule has 2 aromatic heterocycles. The number of aromatic nitrogens is 5. The maximum Gasteiger partial charge on any atom is 0.216 e. The Kier molecular flexibility index (Phi) is 2.45. The van der Waals surface area contributed by atoms with Gasteiger partial charge < -0.3 is 0 Å². The number of rotatable bonds is 1. The Labute approximate surface area is 109 Å². The maximum absolute atomic E-state index is 5.14. The Morgan fingerprint density at radius 2 is 2.11 bits per heavy atom. The molecule has 0 radical (unpaired) electrons. The van der Waals surface area contributed by atoms with E-state index in [1.165, 1.54) is 5.56 Å². The second-order valence-electron chi connectivity index (χ2n) is 4.15. The number of aryl methyl sites for hydroxylation is 2. The van der Waals surface area contributed by atoms with E-state index in [0.29, 0.717) is 16.2 Å². The number of hydrogen-bond acceptors (Lipinski definition) is 4. The number of nitrogens with one attached hydrogen (secondary N) is 1. The van der Waals surface area contributed by atoms with Crippen LogP contribution in [0.2, 0.25) is 0 Å². The number of fused-ring (bicyclic) bond motifs is 1. The van der Waals surface area contributed by atoms with Crippen molar-refractivity contribution in [2.24, 2.45) is 0 Å². The molecule has 0 amide bonds. The van der Waals surface area contributed by atoms with Gasteiger partial charge in [0.05, 0.1) is 0 Å². The molecular formula is C12H11N5S. The van der Waals surface area contributed by atoms with Gasteiger partial charge in [-0.3, -0.25) is 5.10 Å². The molecule has 6 heteroatoms. The van der Waals surface area contributed by atoms with Gasteiger partial charge in [-0.1, -0.05) is 23.8 Å². The molecule has 0 saturated carbocycles. The predicted molar refractivity (Wildman–Crippen MR) is 70.9 cm³/mol. The molecule has 0 unspecified atom stereocenters. The molecule has 0 saturated heterocycles. The van der Waals surface area contributed by atoms with Gasteiger partial charge in [-0.25, -0.2) is 4.98 Å². The number of hydrogen-bond donors (Lipinski definition) is 1. The van der Waals surface area contributed by atoms with Gasteiger partial charge in [0.1, 0.15) is 5.69 Å². The zero-order chi connectivity index (χ0) is 12.7. The maximum atomic E-state index is 5.14. The fourth-order valence-corrected chi connectivity index (χ4v) is 2.00. The minimum absolute atomic E-state index is 0.446. The smallest absolute Gasteiger partial charge is 0.216 e. The highest BCUT2D eigenvalue weighted by Crippen LogP contribution is 2.18. The zero-order valence-corrected chi connectivity index (χ0v) is 10.8. The lowest BCUT2D eigenvalue weighted by molar-refractivity contribution is 0.826. The van der Waals surface area contributed by atoms with Crippen LogP contribution in [0.5, 0.6) is 0 Å². The van der Waals surface area contributed by atoms with Crippen molar-refractivity contribution in [1.82, 2.24) is 24.8 Å². The van der Waals surface area contributed by atoms with Crippen molar-refractivity contribution in [1.29, 1.82) is 0 Å². The van der Waals surface area contributed by atoms with Gasteiger partial charge >= 0.3 is 0 Å². The highest BCUT2D eigenvalue weighted by atomic mass is 32.1. The summed E-state index contributed by atoms with van der Waals surface area (Å²) in [6, 6.07) is 8.06. The van der Waals surface area contributed by atoms with Crippen LogP contribution in [0.4, 0.5) is 0 Å². The molecule has 2 heterocycles. The Bertz CT molecular complexity index is 787. The van der Waals surface area contributed by atoms with Crippen molar-refractivity contribution < 1.29 is 0 Å². The van der Waals surface area contributed by atoms with E-state index in [4.69, 9.17) is 12.2 Å². The molecule has 3 aromatic rings. The normalized spacial score (nSPS) is 11.0. The topological polar surface area (TPSA) is 58.9 Å². The summed E-state index contributed by atoms with van der Waals surface area (Å²) < 4.78 is 2.05. The molecule has 90 valence electrons. The molecule has 18 heavy (non-hydrogen) atoms. The van der Waals surface area contributed by atoms with Crippen LogP contribution in [0.15, 0.2) is 24.3 Å². The van der Waals surface area contributed by atoms with Crippen LogP contribution in [-0.2, 0) is 0 Å². The summed E-state index contributed by atoms with van der Waals surface area (Å²) in [7, 11) is 0. The van der Waals surface area contributed by atoms with Gasteiger partial charge in [0.25, 0.3) is 0 Å². The van der Waals surface area contributed by atoms with Gasteiger partial charge in [-0.05, 0) is 32.1 Å². The molecule has 0 bridgehead atoms. The minimum atomic E-state index is 0.446. The summed E-state index contributed by atoms with van der Waals surface area (Å²) in [5.41, 5.74) is 3.61. The molecular weight excluding hydrogens is 246 g/mol. The third kappa shape index (κ3) is 1.70. The van der Waals surface area contributed by atoms with Gasteiger partial charge in [-0.15, -0.1) is 5.10 Å². The van der Waals surface area contributed by atoms with Gasteiger partial charge in [-0.2, -0.15) is 9.61 Å². The predicted octanol–water partition coefficient (Wildman–Crippen LogP) is 2.47. The first-order valence-corrected chi connectivity index (χ1v) is 5.95. The molecule has 0 atom stereocenters. The average Bonchev–Trinajstić information content (AvgIpc) is 2.80. The number of H-pyrrole nitrogens is 1. The Balaban J connectivity index is 2.29. The molecule has 5 nitrogen and oxygen atoms in total. The SMILES string of the molecule is Cc1cccc(-c2nc3c(C)n[nH]c(=S)n3n2)c1. The summed E-state index contributed by atoms with van der Waals surface area (Å²) >= 11 is 5.14. The van der Waals surface area contributed by atoms with Crippen molar-refractivity contribution in [2.45, 2.75) is 13.8 Å².